The van der Waals surface area contributed by atoms with Gasteiger partial charge in [-0.25, -0.2) is 4.98 Å². The molecule has 5 aromatic rings. The van der Waals surface area contributed by atoms with Crippen LogP contribution < -0.4 is 0 Å². The summed E-state index contributed by atoms with van der Waals surface area (Å²) in [6, 6.07) is 13.1. The average Bonchev–Trinajstić information content (AvgIpc) is 3.33. The van der Waals surface area contributed by atoms with Gasteiger partial charge in [0.1, 0.15) is 0 Å². The molecule has 0 radical (unpaired) electrons. The van der Waals surface area contributed by atoms with Gasteiger partial charge in [-0.2, -0.15) is 0 Å². The van der Waals surface area contributed by atoms with E-state index < -0.39 is 0 Å². The van der Waals surface area contributed by atoms with Gasteiger partial charge in [-0.05, 0) is 67.1 Å². The number of benzene rings is 2. The molecule has 0 bridgehead atoms. The highest BCUT2D eigenvalue weighted by Crippen LogP contribution is 2.38. The fraction of sp³-hybridized carbons (Fsp3) is 0.217. The first-order valence-corrected chi connectivity index (χ1v) is 9.62. The molecule has 0 saturated carbocycles. The standard InChI is InChI=1S/C23H20N4/c1-27-13-25-19-7-6-14(12-21(19)27)23-16-5-3-2-4-15(16)22-17-10-11-24-18(17)8-9-20(22)26-23/h6-13,26H,2-5H2,1H3. The Morgan fingerprint density at radius 2 is 1.78 bits per heavy atom. The Hall–Kier alpha value is -3.14. The van der Waals surface area contributed by atoms with Crippen LogP contribution >= 0.6 is 0 Å². The first-order chi connectivity index (χ1) is 13.3. The molecular formula is C23H20N4. The third-order valence-electron chi connectivity index (χ3n) is 6.02. The summed E-state index contributed by atoms with van der Waals surface area (Å²) >= 11 is 0. The minimum absolute atomic E-state index is 1.04. The van der Waals surface area contributed by atoms with Gasteiger partial charge in [-0.15, -0.1) is 0 Å². The van der Waals surface area contributed by atoms with Crippen LogP contribution in [0.1, 0.15) is 24.0 Å². The van der Waals surface area contributed by atoms with E-state index in [-0.39, 0.29) is 0 Å². The van der Waals surface area contributed by atoms with Crippen LogP contribution in [0, 0.1) is 0 Å². The van der Waals surface area contributed by atoms with Gasteiger partial charge in [0.15, 0.2) is 0 Å². The molecule has 1 aliphatic carbocycles. The Balaban J connectivity index is 1.71. The lowest BCUT2D eigenvalue weighted by Crippen LogP contribution is -2.08. The van der Waals surface area contributed by atoms with E-state index in [0.29, 0.717) is 0 Å². The predicted octanol–water partition coefficient (Wildman–Crippen LogP) is 5.15. The largest absolute Gasteiger partial charge is 0.354 e. The number of rotatable bonds is 1. The number of nitrogens with zero attached hydrogens (tertiary/aromatic N) is 3. The molecule has 4 nitrogen and oxygen atoms in total. The van der Waals surface area contributed by atoms with Crippen LogP contribution in [-0.4, -0.2) is 19.5 Å². The van der Waals surface area contributed by atoms with E-state index in [1.165, 1.54) is 57.0 Å². The van der Waals surface area contributed by atoms with Crippen molar-refractivity contribution in [3.63, 3.8) is 0 Å². The molecule has 1 aliphatic rings. The third-order valence-corrected chi connectivity index (χ3v) is 6.02. The number of nitrogens with one attached hydrogen (secondary N) is 1. The summed E-state index contributed by atoms with van der Waals surface area (Å²) in [7, 11) is 2.05. The van der Waals surface area contributed by atoms with Gasteiger partial charge < -0.3 is 9.55 Å². The number of aryl methyl sites for hydroxylation is 2. The molecule has 132 valence electrons. The molecule has 0 fully saturated rings. The zero-order chi connectivity index (χ0) is 18.0. The van der Waals surface area contributed by atoms with Crippen molar-refractivity contribution in [2.45, 2.75) is 25.7 Å². The topological polar surface area (TPSA) is 46.5 Å². The van der Waals surface area contributed by atoms with Crippen LogP contribution in [0.25, 0.3) is 44.1 Å². The van der Waals surface area contributed by atoms with Crippen molar-refractivity contribution in [1.82, 2.24) is 19.5 Å². The van der Waals surface area contributed by atoms with Gasteiger partial charge in [0.2, 0.25) is 0 Å². The summed E-state index contributed by atoms with van der Waals surface area (Å²) in [5.41, 5.74) is 9.99. The summed E-state index contributed by atoms with van der Waals surface area (Å²) in [5, 5.41) is 2.64. The van der Waals surface area contributed by atoms with E-state index in [1.54, 1.807) is 0 Å². The molecule has 2 aromatic carbocycles. The molecule has 0 amide bonds. The summed E-state index contributed by atoms with van der Waals surface area (Å²) < 4.78 is 2.09. The highest BCUT2D eigenvalue weighted by atomic mass is 15.0. The van der Waals surface area contributed by atoms with Gasteiger partial charge in [0.25, 0.3) is 0 Å². The normalized spacial score (nSPS) is 14.3. The lowest BCUT2D eigenvalue weighted by Gasteiger charge is -2.23. The van der Waals surface area contributed by atoms with Crippen LogP contribution in [0.2, 0.25) is 0 Å². The number of fused-ring (bicyclic) bond motifs is 6. The Morgan fingerprint density at radius 1 is 0.926 bits per heavy atom. The minimum atomic E-state index is 1.04. The van der Waals surface area contributed by atoms with Crippen molar-refractivity contribution in [2.24, 2.45) is 7.05 Å². The Kier molecular flexibility index (Phi) is 3.01. The average molecular weight is 352 g/mol. The van der Waals surface area contributed by atoms with Gasteiger partial charge >= 0.3 is 0 Å². The zero-order valence-electron chi connectivity index (χ0n) is 15.3. The minimum Gasteiger partial charge on any atom is -0.354 e. The maximum absolute atomic E-state index is 4.51. The van der Waals surface area contributed by atoms with E-state index in [1.807, 2.05) is 12.5 Å². The van der Waals surface area contributed by atoms with Crippen molar-refractivity contribution < 1.29 is 0 Å². The highest BCUT2D eigenvalue weighted by Gasteiger charge is 2.20. The van der Waals surface area contributed by atoms with E-state index in [0.717, 1.165) is 23.9 Å². The maximum atomic E-state index is 4.51. The number of aromatic nitrogens is 4. The molecule has 3 aromatic heterocycles. The molecule has 1 N–H and O–H groups in total. The molecule has 0 spiro atoms. The second-order valence-electron chi connectivity index (χ2n) is 7.59. The Bertz CT molecular complexity index is 1340. The quantitative estimate of drug-likeness (QED) is 0.453. The first kappa shape index (κ1) is 15.0. The van der Waals surface area contributed by atoms with E-state index >= 15 is 0 Å². The Morgan fingerprint density at radius 3 is 2.70 bits per heavy atom. The highest BCUT2D eigenvalue weighted by molar-refractivity contribution is 6.08. The molecule has 0 atom stereocenters. The summed E-state index contributed by atoms with van der Waals surface area (Å²) in [6.45, 7) is 0. The van der Waals surface area contributed by atoms with Crippen molar-refractivity contribution in [2.75, 3.05) is 0 Å². The third kappa shape index (κ3) is 2.10. The Labute approximate surface area is 156 Å². The maximum Gasteiger partial charge on any atom is 0.0955 e. The summed E-state index contributed by atoms with van der Waals surface area (Å²) in [6.07, 6.45) is 8.59. The number of hydrogen-bond acceptors (Lipinski definition) is 2. The molecule has 6 rings (SSSR count). The monoisotopic (exact) mass is 352 g/mol. The number of imidazole rings is 1. The van der Waals surface area contributed by atoms with Crippen LogP contribution in [0.4, 0.5) is 0 Å². The smallest absolute Gasteiger partial charge is 0.0955 e. The summed E-state index contributed by atoms with van der Waals surface area (Å²) in [5.74, 6) is 0. The lowest BCUT2D eigenvalue weighted by molar-refractivity contribution is 0.689. The number of aromatic amines is 1. The van der Waals surface area contributed by atoms with Gasteiger partial charge in [-0.3, -0.25) is 4.98 Å². The molecular weight excluding hydrogens is 332 g/mol. The zero-order valence-corrected chi connectivity index (χ0v) is 15.3. The SMILES string of the molecule is Cn1cnc2ccc(-c3[nH]c4ccc5nccc5c4c4c3CCCC4)cc21. The van der Waals surface area contributed by atoms with Crippen LogP contribution in [0.5, 0.6) is 0 Å². The lowest BCUT2D eigenvalue weighted by atomic mass is 9.85. The van der Waals surface area contributed by atoms with Crippen molar-refractivity contribution >= 4 is 32.8 Å². The second-order valence-corrected chi connectivity index (χ2v) is 7.59. The van der Waals surface area contributed by atoms with Gasteiger partial charge in [0, 0.05) is 40.8 Å². The van der Waals surface area contributed by atoms with Crippen molar-refractivity contribution in [3.8, 4) is 11.3 Å². The van der Waals surface area contributed by atoms with Crippen LogP contribution in [0.15, 0.2) is 48.9 Å². The predicted molar refractivity (Wildman–Crippen MR) is 110 cm³/mol. The first-order valence-electron chi connectivity index (χ1n) is 9.62. The van der Waals surface area contributed by atoms with E-state index in [2.05, 4.69) is 63.0 Å². The van der Waals surface area contributed by atoms with Gasteiger partial charge in [-0.1, -0.05) is 6.07 Å². The number of pyridine rings is 1. The molecule has 4 heteroatoms. The van der Waals surface area contributed by atoms with Crippen LogP contribution in [0.3, 0.4) is 0 Å². The van der Waals surface area contributed by atoms with Crippen LogP contribution in [-0.2, 0) is 19.9 Å². The molecule has 0 aliphatic heterocycles. The van der Waals surface area contributed by atoms with Crippen molar-refractivity contribution in [3.05, 3.63) is 60.0 Å². The molecule has 0 unspecified atom stereocenters. The summed E-state index contributed by atoms with van der Waals surface area (Å²) in [4.78, 5) is 12.7. The van der Waals surface area contributed by atoms with E-state index in [4.69, 9.17) is 0 Å². The van der Waals surface area contributed by atoms with Gasteiger partial charge in [0.05, 0.1) is 22.9 Å². The fourth-order valence-corrected chi connectivity index (χ4v) is 4.71. The molecule has 3 heterocycles. The van der Waals surface area contributed by atoms with Crippen molar-refractivity contribution in [1.29, 1.82) is 0 Å². The molecule has 27 heavy (non-hydrogen) atoms. The second kappa shape index (κ2) is 5.43. The fourth-order valence-electron chi connectivity index (χ4n) is 4.71. The molecule has 0 saturated heterocycles. The van der Waals surface area contributed by atoms with E-state index in [9.17, 15) is 0 Å². The number of H-pyrrole nitrogens is 1. The number of hydrogen-bond donors (Lipinski definition) is 1.